The van der Waals surface area contributed by atoms with Crippen molar-refractivity contribution < 1.29 is 14.4 Å². The van der Waals surface area contributed by atoms with Crippen molar-refractivity contribution in [1.29, 1.82) is 0 Å². The van der Waals surface area contributed by atoms with Crippen LogP contribution in [-0.2, 0) is 17.8 Å². The van der Waals surface area contributed by atoms with Gasteiger partial charge in [-0.15, -0.1) is 0 Å². The van der Waals surface area contributed by atoms with Crippen molar-refractivity contribution in [3.05, 3.63) is 65.2 Å². The molecule has 1 fully saturated rings. The molecule has 4 amide bonds. The van der Waals surface area contributed by atoms with Gasteiger partial charge >= 0.3 is 6.03 Å². The quantitative estimate of drug-likeness (QED) is 0.833. The van der Waals surface area contributed by atoms with Crippen LogP contribution in [0.3, 0.4) is 0 Å². The second kappa shape index (κ2) is 7.11. The molecule has 2 heterocycles. The highest BCUT2D eigenvalue weighted by molar-refractivity contribution is 6.21. The molecule has 1 atom stereocenters. The maximum Gasteiger partial charge on any atom is 0.332 e. The number of rotatable bonds is 4. The maximum atomic E-state index is 12.9. The van der Waals surface area contributed by atoms with Crippen molar-refractivity contribution in [2.45, 2.75) is 32.9 Å². The fourth-order valence-electron chi connectivity index (χ4n) is 3.71. The van der Waals surface area contributed by atoms with Crippen LogP contribution in [0.4, 0.5) is 10.5 Å². The molecular weight excluding hydrogens is 354 g/mol. The van der Waals surface area contributed by atoms with Gasteiger partial charge in [0.05, 0.1) is 5.69 Å². The number of carbonyl (C=O) groups is 3. The van der Waals surface area contributed by atoms with E-state index in [0.717, 1.165) is 11.1 Å². The summed E-state index contributed by atoms with van der Waals surface area (Å²) in [6.07, 6.45) is 0.535. The minimum absolute atomic E-state index is 0.160. The molecule has 0 radical (unpaired) electrons. The summed E-state index contributed by atoms with van der Waals surface area (Å²) in [6.45, 7) is 5.10. The summed E-state index contributed by atoms with van der Waals surface area (Å²) in [5.41, 5.74) is 3.20. The van der Waals surface area contributed by atoms with E-state index in [4.69, 9.17) is 0 Å². The first-order valence-electron chi connectivity index (χ1n) is 9.55. The number of urea groups is 1. The largest absolute Gasteiger partial charge is 0.352 e. The first kappa shape index (κ1) is 18.2. The third kappa shape index (κ3) is 3.15. The van der Waals surface area contributed by atoms with Gasteiger partial charge < -0.3 is 10.2 Å². The third-order valence-electron chi connectivity index (χ3n) is 5.25. The van der Waals surface area contributed by atoms with Crippen LogP contribution in [0.15, 0.2) is 48.5 Å². The molecule has 0 spiro atoms. The summed E-state index contributed by atoms with van der Waals surface area (Å²) in [7, 11) is 0. The summed E-state index contributed by atoms with van der Waals surface area (Å²) in [4.78, 5) is 40.9. The van der Waals surface area contributed by atoms with E-state index in [1.54, 1.807) is 29.2 Å². The Kier molecular flexibility index (Phi) is 4.63. The Morgan fingerprint density at radius 1 is 1.07 bits per heavy atom. The Labute approximate surface area is 164 Å². The van der Waals surface area contributed by atoms with Gasteiger partial charge in [0.15, 0.2) is 0 Å². The Hall–Kier alpha value is -3.15. The van der Waals surface area contributed by atoms with Crippen LogP contribution in [0.2, 0.25) is 0 Å². The van der Waals surface area contributed by atoms with Crippen LogP contribution in [0.1, 0.15) is 35.3 Å². The molecule has 1 saturated heterocycles. The molecule has 2 aromatic carbocycles. The van der Waals surface area contributed by atoms with E-state index in [9.17, 15) is 14.4 Å². The molecule has 1 unspecified atom stereocenters. The lowest BCUT2D eigenvalue weighted by molar-refractivity contribution is -0.120. The number of nitrogens with one attached hydrogen (secondary N) is 1. The lowest BCUT2D eigenvalue weighted by Gasteiger charge is -2.28. The van der Waals surface area contributed by atoms with Gasteiger partial charge in [0.1, 0.15) is 6.04 Å². The molecule has 0 bridgehead atoms. The number of fused-ring (bicyclic) bond motifs is 2. The van der Waals surface area contributed by atoms with Crippen LogP contribution in [-0.4, -0.2) is 35.3 Å². The maximum absolute atomic E-state index is 12.9. The molecule has 4 rings (SSSR count). The van der Waals surface area contributed by atoms with E-state index in [2.05, 4.69) is 5.32 Å². The Bertz CT molecular complexity index is 893. The van der Waals surface area contributed by atoms with Crippen LogP contribution >= 0.6 is 0 Å². The first-order valence-corrected chi connectivity index (χ1v) is 9.55. The molecule has 2 aliphatic heterocycles. The predicted octanol–water partition coefficient (Wildman–Crippen LogP) is 2.97. The topological polar surface area (TPSA) is 69.7 Å². The van der Waals surface area contributed by atoms with E-state index in [1.807, 2.05) is 38.1 Å². The van der Waals surface area contributed by atoms with Crippen LogP contribution in [0.5, 0.6) is 0 Å². The number of anilines is 1. The van der Waals surface area contributed by atoms with Crippen molar-refractivity contribution in [1.82, 2.24) is 10.2 Å². The van der Waals surface area contributed by atoms with Gasteiger partial charge in [-0.05, 0) is 41.3 Å². The minimum Gasteiger partial charge on any atom is -0.352 e. The summed E-state index contributed by atoms with van der Waals surface area (Å²) in [6, 6.07) is 13.8. The number of amides is 4. The van der Waals surface area contributed by atoms with Crippen LogP contribution in [0, 0.1) is 5.92 Å². The average Bonchev–Trinajstić information content (AvgIpc) is 2.94. The molecule has 6 heteroatoms. The predicted molar refractivity (Wildman–Crippen MR) is 106 cm³/mol. The molecule has 144 valence electrons. The zero-order valence-electron chi connectivity index (χ0n) is 16.0. The monoisotopic (exact) mass is 377 g/mol. The highest BCUT2D eigenvalue weighted by atomic mass is 16.2. The van der Waals surface area contributed by atoms with Crippen molar-refractivity contribution in [2.75, 3.05) is 11.4 Å². The smallest absolute Gasteiger partial charge is 0.332 e. The summed E-state index contributed by atoms with van der Waals surface area (Å²) in [5.74, 6) is -0.00621. The fourth-order valence-corrected chi connectivity index (χ4v) is 3.71. The van der Waals surface area contributed by atoms with Gasteiger partial charge in [-0.2, -0.15) is 0 Å². The van der Waals surface area contributed by atoms with E-state index in [0.29, 0.717) is 36.7 Å². The van der Waals surface area contributed by atoms with Gasteiger partial charge in [0, 0.05) is 25.1 Å². The molecule has 0 aliphatic carbocycles. The molecule has 0 saturated carbocycles. The van der Waals surface area contributed by atoms with Crippen molar-refractivity contribution in [3.8, 4) is 0 Å². The number of hydrogen-bond acceptors (Lipinski definition) is 3. The normalized spacial score (nSPS) is 18.3. The molecule has 1 N–H and O–H groups in total. The van der Waals surface area contributed by atoms with Crippen LogP contribution in [0.25, 0.3) is 0 Å². The van der Waals surface area contributed by atoms with E-state index in [-0.39, 0.29) is 17.8 Å². The second-order valence-corrected chi connectivity index (χ2v) is 7.72. The summed E-state index contributed by atoms with van der Waals surface area (Å²) >= 11 is 0. The Morgan fingerprint density at radius 2 is 1.75 bits per heavy atom. The van der Waals surface area contributed by atoms with Gasteiger partial charge in [-0.3, -0.25) is 9.59 Å². The first-order chi connectivity index (χ1) is 13.5. The fraction of sp³-hybridized carbons (Fsp3) is 0.318. The van der Waals surface area contributed by atoms with Gasteiger partial charge in [0.25, 0.3) is 11.8 Å². The average molecular weight is 377 g/mol. The zero-order valence-corrected chi connectivity index (χ0v) is 16.0. The highest BCUT2D eigenvalue weighted by Crippen LogP contribution is 2.32. The molecule has 2 aromatic rings. The Morgan fingerprint density at radius 3 is 2.43 bits per heavy atom. The molecule has 0 aromatic heterocycles. The van der Waals surface area contributed by atoms with Gasteiger partial charge in [-0.1, -0.05) is 38.1 Å². The third-order valence-corrected chi connectivity index (χ3v) is 5.25. The SMILES string of the molecule is CC(C)CNC(=O)c1ccc(N2C(=O)C3Cc4ccccc4CN3C2=O)cc1. The number of hydrogen-bond donors (Lipinski definition) is 1. The number of nitrogens with zero attached hydrogens (tertiary/aromatic N) is 2. The lowest BCUT2D eigenvalue weighted by Crippen LogP contribution is -2.39. The van der Waals surface area contributed by atoms with Crippen LogP contribution < -0.4 is 10.2 Å². The summed E-state index contributed by atoms with van der Waals surface area (Å²) in [5, 5.41) is 2.86. The Balaban J connectivity index is 1.53. The number of imide groups is 1. The summed E-state index contributed by atoms with van der Waals surface area (Å²) < 4.78 is 0. The van der Waals surface area contributed by atoms with E-state index >= 15 is 0 Å². The highest BCUT2D eigenvalue weighted by Gasteiger charge is 2.47. The molecular formula is C22H23N3O3. The van der Waals surface area contributed by atoms with Gasteiger partial charge in [-0.25, -0.2) is 9.69 Å². The second-order valence-electron chi connectivity index (χ2n) is 7.72. The van der Waals surface area contributed by atoms with E-state index < -0.39 is 6.04 Å². The van der Waals surface area contributed by atoms with Crippen molar-refractivity contribution >= 4 is 23.5 Å². The molecule has 2 aliphatic rings. The van der Waals surface area contributed by atoms with Crippen molar-refractivity contribution in [3.63, 3.8) is 0 Å². The lowest BCUT2D eigenvalue weighted by atomic mass is 9.95. The van der Waals surface area contributed by atoms with E-state index in [1.165, 1.54) is 4.90 Å². The molecule has 6 nitrogen and oxygen atoms in total. The molecule has 28 heavy (non-hydrogen) atoms. The minimum atomic E-state index is -0.462. The standard InChI is InChI=1S/C22H23N3O3/c1-14(2)12-23-20(26)15-7-9-18(10-8-15)25-21(27)19-11-16-5-3-4-6-17(16)13-24(19)22(25)28/h3-10,14,19H,11-13H2,1-2H3,(H,23,26). The number of carbonyl (C=O) groups excluding carboxylic acids is 3. The van der Waals surface area contributed by atoms with Gasteiger partial charge in [0.2, 0.25) is 0 Å². The number of benzene rings is 2. The van der Waals surface area contributed by atoms with Crippen molar-refractivity contribution in [2.24, 2.45) is 5.92 Å². The zero-order chi connectivity index (χ0) is 19.8.